The highest BCUT2D eigenvalue weighted by atomic mass is 16.5. The van der Waals surface area contributed by atoms with Gasteiger partial charge in [-0.15, -0.1) is 10.2 Å². The second-order valence-corrected chi connectivity index (χ2v) is 14.9. The van der Waals surface area contributed by atoms with E-state index in [1.54, 1.807) is 0 Å². The zero-order valence-electron chi connectivity index (χ0n) is 33.2. The third-order valence-corrected chi connectivity index (χ3v) is 11.0. The fraction of sp³-hybridized carbons (Fsp3) is 0.0784. The van der Waals surface area contributed by atoms with Crippen LogP contribution in [-0.2, 0) is 9.47 Å². The number of rotatable bonds is 10. The van der Waals surface area contributed by atoms with Crippen LogP contribution in [-0.4, -0.2) is 46.8 Å². The Labute approximate surface area is 357 Å². The first kappa shape index (κ1) is 36.7. The topological polar surface area (TPSA) is 117 Å². The average molecular weight is 808 g/mol. The van der Waals surface area contributed by atoms with Crippen molar-refractivity contribution < 1.29 is 9.47 Å². The zero-order valence-corrected chi connectivity index (χ0v) is 33.2. The van der Waals surface area contributed by atoms with Crippen molar-refractivity contribution in [2.45, 2.75) is 24.5 Å². The molecule has 0 radical (unpaired) electrons. The summed E-state index contributed by atoms with van der Waals surface area (Å²) < 4.78 is 17.4. The molecular formula is C51H37N9O2. The number of pyridine rings is 1. The zero-order chi connectivity index (χ0) is 41.2. The second kappa shape index (κ2) is 16.0. The lowest BCUT2D eigenvalue weighted by atomic mass is 10.0. The smallest absolute Gasteiger partial charge is 0.238 e. The number of hydrogen-bond acceptors (Lipinski definition) is 9. The largest absolute Gasteiger partial charge is 0.464 e. The van der Waals surface area contributed by atoms with Crippen molar-refractivity contribution in [3.63, 3.8) is 0 Å². The van der Waals surface area contributed by atoms with Gasteiger partial charge in [0.2, 0.25) is 11.8 Å². The molecule has 0 amide bonds. The quantitative estimate of drug-likeness (QED) is 0.135. The summed E-state index contributed by atoms with van der Waals surface area (Å²) in [5.74, 6) is 0.734. The molecule has 0 N–H and O–H groups in total. The standard InChI is InChI=1S/C51H37N9O2/c1-7-20-34(21-8-1)42-44(36-24-11-3-12-25-36)59(57-55-42)48-46(38-28-15-5-16-29-38)61-50(53-48)40-32-19-33-41(52-40)51-54-49(47(62-51)39-30-17-6-18-31-39)60-45(37-26-13-4-14-27-37)43(56-58-60)35-22-9-2-10-23-35/h1-33,46-49H/t46-,47-,48-,49-/m0/s1. The van der Waals surface area contributed by atoms with E-state index in [2.05, 4.69) is 24.3 Å². The lowest BCUT2D eigenvalue weighted by Gasteiger charge is -2.20. The molecule has 11 rings (SSSR count). The van der Waals surface area contributed by atoms with E-state index in [0.29, 0.717) is 23.2 Å². The monoisotopic (exact) mass is 807 g/mol. The average Bonchev–Trinajstić information content (AvgIpc) is 4.18. The van der Waals surface area contributed by atoms with Gasteiger partial charge in [0.05, 0.1) is 11.4 Å². The maximum atomic E-state index is 6.81. The lowest BCUT2D eigenvalue weighted by Crippen LogP contribution is -2.17. The summed E-state index contributed by atoms with van der Waals surface area (Å²) in [6, 6.07) is 66.3. The van der Waals surface area contributed by atoms with E-state index in [9.17, 15) is 0 Å². The van der Waals surface area contributed by atoms with E-state index in [-0.39, 0.29) is 0 Å². The van der Waals surface area contributed by atoms with Crippen molar-refractivity contribution in [3.8, 4) is 45.0 Å². The van der Waals surface area contributed by atoms with Crippen molar-refractivity contribution in [1.29, 1.82) is 0 Å². The van der Waals surface area contributed by atoms with Crippen LogP contribution in [0.4, 0.5) is 0 Å². The summed E-state index contributed by atoms with van der Waals surface area (Å²) in [7, 11) is 0. The van der Waals surface area contributed by atoms with Crippen LogP contribution >= 0.6 is 0 Å². The Morgan fingerprint density at radius 3 is 1.06 bits per heavy atom. The Morgan fingerprint density at radius 1 is 0.355 bits per heavy atom. The molecule has 6 aromatic carbocycles. The third kappa shape index (κ3) is 6.81. The molecule has 0 saturated heterocycles. The summed E-state index contributed by atoms with van der Waals surface area (Å²) in [6.07, 6.45) is -2.27. The highest BCUT2D eigenvalue weighted by molar-refractivity contribution is 5.97. The van der Waals surface area contributed by atoms with Crippen molar-refractivity contribution >= 4 is 11.8 Å². The number of hydrogen-bond donors (Lipinski definition) is 0. The molecule has 0 aliphatic carbocycles. The third-order valence-electron chi connectivity index (χ3n) is 11.0. The van der Waals surface area contributed by atoms with Crippen LogP contribution in [0.5, 0.6) is 0 Å². The molecule has 11 heteroatoms. The summed E-state index contributed by atoms with van der Waals surface area (Å²) in [4.78, 5) is 15.6. The summed E-state index contributed by atoms with van der Waals surface area (Å²) in [5.41, 5.74) is 9.95. The van der Waals surface area contributed by atoms with E-state index in [4.69, 9.17) is 45.1 Å². The van der Waals surface area contributed by atoms with Crippen molar-refractivity contribution in [1.82, 2.24) is 35.0 Å². The van der Waals surface area contributed by atoms with Gasteiger partial charge in [0.15, 0.2) is 24.5 Å². The molecular weight excluding hydrogens is 771 g/mol. The molecule has 2 aliphatic rings. The molecule has 0 spiro atoms. The maximum Gasteiger partial charge on any atom is 0.238 e. The van der Waals surface area contributed by atoms with E-state index >= 15 is 0 Å². The lowest BCUT2D eigenvalue weighted by molar-refractivity contribution is 0.159. The molecule has 0 bridgehead atoms. The van der Waals surface area contributed by atoms with Crippen LogP contribution in [0.15, 0.2) is 210 Å². The van der Waals surface area contributed by atoms with Crippen LogP contribution in [0.1, 0.15) is 47.1 Å². The van der Waals surface area contributed by atoms with Gasteiger partial charge in [-0.1, -0.05) is 198 Å². The maximum absolute atomic E-state index is 6.81. The van der Waals surface area contributed by atoms with E-state index < -0.39 is 24.5 Å². The van der Waals surface area contributed by atoms with Gasteiger partial charge in [0, 0.05) is 22.3 Å². The Kier molecular flexibility index (Phi) is 9.51. The van der Waals surface area contributed by atoms with Crippen LogP contribution in [0.3, 0.4) is 0 Å². The minimum atomic E-state index is -0.604. The highest BCUT2D eigenvalue weighted by Gasteiger charge is 2.40. The molecule has 0 unspecified atom stereocenters. The Bertz CT molecular complexity index is 2830. The predicted molar refractivity (Wildman–Crippen MR) is 238 cm³/mol. The molecule has 298 valence electrons. The van der Waals surface area contributed by atoms with Gasteiger partial charge in [0.25, 0.3) is 0 Å². The number of ether oxygens (including phenoxy) is 2. The first-order valence-electron chi connectivity index (χ1n) is 20.5. The molecule has 3 aromatic heterocycles. The normalized spacial score (nSPS) is 18.1. The van der Waals surface area contributed by atoms with E-state index in [1.807, 2.05) is 185 Å². The number of aliphatic imine (C=N–C) groups is 2. The molecule has 9 aromatic rings. The van der Waals surface area contributed by atoms with Gasteiger partial charge in [-0.2, -0.15) is 0 Å². The minimum absolute atomic E-state index is 0.367. The van der Waals surface area contributed by atoms with Gasteiger partial charge in [0.1, 0.15) is 22.8 Å². The Morgan fingerprint density at radius 2 is 0.694 bits per heavy atom. The van der Waals surface area contributed by atoms with E-state index in [1.165, 1.54) is 0 Å². The first-order valence-corrected chi connectivity index (χ1v) is 20.5. The van der Waals surface area contributed by atoms with Crippen LogP contribution in [0.25, 0.3) is 45.0 Å². The van der Waals surface area contributed by atoms with Crippen LogP contribution < -0.4 is 0 Å². The van der Waals surface area contributed by atoms with Gasteiger partial charge in [-0.3, -0.25) is 0 Å². The molecule has 5 heterocycles. The minimum Gasteiger partial charge on any atom is -0.464 e. The summed E-state index contributed by atoms with van der Waals surface area (Å²) in [6.45, 7) is 0. The molecule has 0 saturated carbocycles. The Balaban J connectivity index is 1.01. The predicted octanol–water partition coefficient (Wildman–Crippen LogP) is 10.4. The second-order valence-electron chi connectivity index (χ2n) is 14.9. The van der Waals surface area contributed by atoms with Crippen molar-refractivity contribution in [2.24, 2.45) is 9.98 Å². The first-order chi connectivity index (χ1) is 30.8. The van der Waals surface area contributed by atoms with Gasteiger partial charge in [-0.25, -0.2) is 24.3 Å². The molecule has 0 fully saturated rings. The molecule has 62 heavy (non-hydrogen) atoms. The summed E-state index contributed by atoms with van der Waals surface area (Å²) in [5, 5.41) is 19.0. The van der Waals surface area contributed by atoms with Gasteiger partial charge in [-0.05, 0) is 23.3 Å². The van der Waals surface area contributed by atoms with Crippen molar-refractivity contribution in [3.05, 3.63) is 223 Å². The van der Waals surface area contributed by atoms with E-state index in [0.717, 1.165) is 56.2 Å². The fourth-order valence-electron chi connectivity index (χ4n) is 8.12. The number of aromatic nitrogens is 7. The van der Waals surface area contributed by atoms with Crippen LogP contribution in [0, 0.1) is 0 Å². The van der Waals surface area contributed by atoms with Gasteiger partial charge < -0.3 is 9.47 Å². The Hall–Kier alpha value is -8.31. The molecule has 2 aliphatic heterocycles. The molecule has 4 atom stereocenters. The number of benzene rings is 6. The van der Waals surface area contributed by atoms with Crippen LogP contribution in [0.2, 0.25) is 0 Å². The summed E-state index contributed by atoms with van der Waals surface area (Å²) >= 11 is 0. The highest BCUT2D eigenvalue weighted by Crippen LogP contribution is 2.44. The molecule has 11 nitrogen and oxygen atoms in total. The number of nitrogens with zero attached hydrogens (tertiary/aromatic N) is 9. The SMILES string of the molecule is c1ccc(-c2nnn([C@@H]3N=C(c4cccc(C5=N[C@@H](n6nnc(-c7ccccc7)c6-c6ccccc6)[C@H](c6ccccc6)O5)n4)O[C@H]3c3ccccc3)c2-c2ccccc2)cc1. The fourth-order valence-corrected chi connectivity index (χ4v) is 8.12. The van der Waals surface area contributed by atoms with Crippen molar-refractivity contribution in [2.75, 3.05) is 0 Å². The van der Waals surface area contributed by atoms with Gasteiger partial charge >= 0.3 is 0 Å².